The predicted molar refractivity (Wildman–Crippen MR) is 80.5 cm³/mol. The maximum Gasteiger partial charge on any atom is 0.116 e. The zero-order valence-electron chi connectivity index (χ0n) is 10.5. The number of phenols is 2. The quantitative estimate of drug-likeness (QED) is 0.499. The Labute approximate surface area is 120 Å². The minimum absolute atomic E-state index is 0.238. The lowest BCUT2D eigenvalue weighted by Gasteiger charge is -2.09. The first kappa shape index (κ1) is 11.6. The summed E-state index contributed by atoms with van der Waals surface area (Å²) in [7, 11) is 0. The fourth-order valence-corrected chi connectivity index (χ4v) is 3.41. The Balaban J connectivity index is 2.07. The van der Waals surface area contributed by atoms with Crippen LogP contribution in [0.25, 0.3) is 21.9 Å². The fourth-order valence-electron chi connectivity index (χ4n) is 3.01. The molecule has 0 saturated carbocycles. The second kappa shape index (κ2) is 3.90. The van der Waals surface area contributed by atoms with E-state index in [1.165, 1.54) is 0 Å². The number of rotatable bonds is 0. The monoisotopic (exact) mass is 282 g/mol. The zero-order valence-corrected chi connectivity index (χ0v) is 11.3. The van der Waals surface area contributed by atoms with Gasteiger partial charge in [-0.15, -0.1) is 0 Å². The van der Waals surface area contributed by atoms with Crippen molar-refractivity contribution >= 4 is 22.4 Å². The normalized spacial score (nSPS) is 12.4. The van der Waals surface area contributed by atoms with E-state index in [1.54, 1.807) is 24.3 Å². The van der Waals surface area contributed by atoms with E-state index < -0.39 is 0 Å². The molecule has 4 rings (SSSR count). The highest BCUT2D eigenvalue weighted by atomic mass is 35.5. The number of aromatic hydroxyl groups is 2. The number of phenolic OH excluding ortho intramolecular Hbond substituents is 2. The Morgan fingerprint density at radius 2 is 1.60 bits per heavy atom. The van der Waals surface area contributed by atoms with Gasteiger partial charge in [0, 0.05) is 10.9 Å². The highest BCUT2D eigenvalue weighted by Gasteiger charge is 2.23. The number of halogens is 1. The molecule has 3 aromatic rings. The molecule has 3 heteroatoms. The molecule has 0 heterocycles. The number of hydrogen-bond donors (Lipinski definition) is 2. The van der Waals surface area contributed by atoms with Crippen LogP contribution in [0, 0.1) is 0 Å². The SMILES string of the molecule is Oc1ccc2c(c1)Cc1cc3cc(O)ccc3c(Cl)c1-2. The van der Waals surface area contributed by atoms with Gasteiger partial charge in [0.25, 0.3) is 0 Å². The van der Waals surface area contributed by atoms with E-state index in [0.717, 1.165) is 39.4 Å². The van der Waals surface area contributed by atoms with E-state index in [9.17, 15) is 10.2 Å². The Bertz CT molecular complexity index is 868. The lowest BCUT2D eigenvalue weighted by atomic mass is 10.00. The van der Waals surface area contributed by atoms with Gasteiger partial charge in [-0.25, -0.2) is 0 Å². The van der Waals surface area contributed by atoms with Crippen LogP contribution in [-0.2, 0) is 6.42 Å². The minimum Gasteiger partial charge on any atom is -0.508 e. The van der Waals surface area contributed by atoms with E-state index in [2.05, 4.69) is 6.07 Å². The van der Waals surface area contributed by atoms with Gasteiger partial charge in [-0.2, -0.15) is 0 Å². The number of fused-ring (bicyclic) bond motifs is 4. The molecule has 0 atom stereocenters. The molecule has 1 aliphatic rings. The van der Waals surface area contributed by atoms with Crippen LogP contribution in [0.5, 0.6) is 11.5 Å². The molecule has 0 aromatic heterocycles. The average Bonchev–Trinajstić information content (AvgIpc) is 2.75. The van der Waals surface area contributed by atoms with Crippen LogP contribution < -0.4 is 0 Å². The van der Waals surface area contributed by atoms with Gasteiger partial charge in [-0.05, 0) is 64.9 Å². The van der Waals surface area contributed by atoms with Gasteiger partial charge in [-0.3, -0.25) is 0 Å². The van der Waals surface area contributed by atoms with Crippen LogP contribution in [0.15, 0.2) is 42.5 Å². The third-order valence-corrected chi connectivity index (χ3v) is 4.27. The molecular weight excluding hydrogens is 272 g/mol. The zero-order chi connectivity index (χ0) is 13.9. The van der Waals surface area contributed by atoms with Crippen LogP contribution in [0.4, 0.5) is 0 Å². The van der Waals surface area contributed by atoms with Crippen LogP contribution in [0.2, 0.25) is 5.02 Å². The lowest BCUT2D eigenvalue weighted by Crippen LogP contribution is -1.84. The van der Waals surface area contributed by atoms with Crippen LogP contribution in [-0.4, -0.2) is 10.2 Å². The van der Waals surface area contributed by atoms with Gasteiger partial charge < -0.3 is 10.2 Å². The summed E-state index contributed by atoms with van der Waals surface area (Å²) in [6.45, 7) is 0. The first-order valence-electron chi connectivity index (χ1n) is 6.40. The van der Waals surface area contributed by atoms with E-state index in [-0.39, 0.29) is 11.5 Å². The summed E-state index contributed by atoms with van der Waals surface area (Å²) in [4.78, 5) is 0. The second-order valence-electron chi connectivity index (χ2n) is 5.15. The lowest BCUT2D eigenvalue weighted by molar-refractivity contribution is 0.474. The van der Waals surface area contributed by atoms with E-state index >= 15 is 0 Å². The van der Waals surface area contributed by atoms with Crippen molar-refractivity contribution in [1.82, 2.24) is 0 Å². The van der Waals surface area contributed by atoms with Gasteiger partial charge in [0.15, 0.2) is 0 Å². The highest BCUT2D eigenvalue weighted by Crippen LogP contribution is 2.45. The number of hydrogen-bond acceptors (Lipinski definition) is 2. The topological polar surface area (TPSA) is 40.5 Å². The molecule has 2 N–H and O–H groups in total. The summed E-state index contributed by atoms with van der Waals surface area (Å²) in [5, 5.41) is 21.8. The van der Waals surface area contributed by atoms with Crippen molar-refractivity contribution in [2.45, 2.75) is 6.42 Å². The van der Waals surface area contributed by atoms with Crippen LogP contribution in [0.1, 0.15) is 11.1 Å². The molecule has 0 saturated heterocycles. The molecule has 0 unspecified atom stereocenters. The first-order chi connectivity index (χ1) is 9.63. The molecule has 3 aromatic carbocycles. The van der Waals surface area contributed by atoms with Crippen molar-refractivity contribution in [3.63, 3.8) is 0 Å². The largest absolute Gasteiger partial charge is 0.508 e. The Morgan fingerprint density at radius 3 is 2.45 bits per heavy atom. The summed E-state index contributed by atoms with van der Waals surface area (Å²) in [6, 6.07) is 12.7. The molecule has 0 bridgehead atoms. The maximum absolute atomic E-state index is 9.60. The summed E-state index contributed by atoms with van der Waals surface area (Å²) in [5.41, 5.74) is 4.34. The van der Waals surface area contributed by atoms with Gasteiger partial charge in [0.2, 0.25) is 0 Å². The second-order valence-corrected chi connectivity index (χ2v) is 5.53. The molecule has 0 amide bonds. The van der Waals surface area contributed by atoms with Crippen molar-refractivity contribution in [2.24, 2.45) is 0 Å². The summed E-state index contributed by atoms with van der Waals surface area (Å²) >= 11 is 6.56. The average molecular weight is 283 g/mol. The molecule has 98 valence electrons. The minimum atomic E-state index is 0.238. The van der Waals surface area contributed by atoms with E-state index in [0.29, 0.717) is 5.02 Å². The molecule has 0 radical (unpaired) electrons. The maximum atomic E-state index is 9.60. The van der Waals surface area contributed by atoms with Gasteiger partial charge in [0.1, 0.15) is 11.5 Å². The highest BCUT2D eigenvalue weighted by molar-refractivity contribution is 6.38. The number of benzene rings is 3. The van der Waals surface area contributed by atoms with Crippen molar-refractivity contribution in [3.8, 4) is 22.6 Å². The van der Waals surface area contributed by atoms with Crippen molar-refractivity contribution in [3.05, 3.63) is 58.6 Å². The summed E-state index contributed by atoms with van der Waals surface area (Å²) in [5.74, 6) is 0.511. The molecule has 2 nitrogen and oxygen atoms in total. The summed E-state index contributed by atoms with van der Waals surface area (Å²) in [6.07, 6.45) is 0.754. The Hall–Kier alpha value is -2.19. The molecule has 1 aliphatic carbocycles. The van der Waals surface area contributed by atoms with Crippen molar-refractivity contribution in [1.29, 1.82) is 0 Å². The molecular formula is C17H11ClO2. The Kier molecular flexibility index (Phi) is 2.27. The molecule has 0 spiro atoms. The third-order valence-electron chi connectivity index (χ3n) is 3.88. The standard InChI is InChI=1S/C17H11ClO2/c18-17-15-4-2-13(20)8-10(15)6-11-5-9-7-12(19)1-3-14(9)16(11)17/h1-4,6-8,19-20H,5H2. The van der Waals surface area contributed by atoms with Gasteiger partial charge >= 0.3 is 0 Å². The smallest absolute Gasteiger partial charge is 0.116 e. The fraction of sp³-hybridized carbons (Fsp3) is 0.0588. The third kappa shape index (κ3) is 1.52. The van der Waals surface area contributed by atoms with Crippen LogP contribution >= 0.6 is 11.6 Å². The predicted octanol–water partition coefficient (Wildman–Crippen LogP) is 4.48. The Morgan fingerprint density at radius 1 is 0.850 bits per heavy atom. The molecule has 20 heavy (non-hydrogen) atoms. The van der Waals surface area contributed by atoms with E-state index in [1.807, 2.05) is 12.1 Å². The first-order valence-corrected chi connectivity index (χ1v) is 6.77. The van der Waals surface area contributed by atoms with E-state index in [4.69, 9.17) is 11.6 Å². The molecule has 0 fully saturated rings. The van der Waals surface area contributed by atoms with Crippen molar-refractivity contribution in [2.75, 3.05) is 0 Å². The van der Waals surface area contributed by atoms with Crippen molar-refractivity contribution < 1.29 is 10.2 Å². The molecule has 0 aliphatic heterocycles. The van der Waals surface area contributed by atoms with Crippen LogP contribution in [0.3, 0.4) is 0 Å². The summed E-state index contributed by atoms with van der Waals surface area (Å²) < 4.78 is 0. The van der Waals surface area contributed by atoms with Gasteiger partial charge in [-0.1, -0.05) is 17.7 Å². The van der Waals surface area contributed by atoms with Gasteiger partial charge in [0.05, 0.1) is 5.02 Å².